The van der Waals surface area contributed by atoms with Gasteiger partial charge in [0.05, 0.1) is 28.3 Å². The van der Waals surface area contributed by atoms with Crippen molar-refractivity contribution in [1.82, 2.24) is 9.29 Å². The van der Waals surface area contributed by atoms with E-state index < -0.39 is 16.0 Å². The summed E-state index contributed by atoms with van der Waals surface area (Å²) in [4.78, 5) is 16.9. The number of pyridine rings is 1. The van der Waals surface area contributed by atoms with Crippen LogP contribution < -0.4 is 0 Å². The van der Waals surface area contributed by atoms with E-state index in [9.17, 15) is 13.2 Å². The Hall–Kier alpha value is -2.52. The first-order chi connectivity index (χ1) is 15.3. The molecule has 0 amide bonds. The van der Waals surface area contributed by atoms with E-state index in [0.717, 1.165) is 16.5 Å². The maximum absolute atomic E-state index is 13.2. The van der Waals surface area contributed by atoms with Crippen molar-refractivity contribution in [2.45, 2.75) is 37.6 Å². The summed E-state index contributed by atoms with van der Waals surface area (Å²) in [7, 11) is -3.91. The number of sulfonamides is 1. The minimum atomic E-state index is -3.91. The van der Waals surface area contributed by atoms with Gasteiger partial charge in [-0.3, -0.25) is 4.98 Å². The van der Waals surface area contributed by atoms with Crippen LogP contribution in [-0.2, 0) is 26.1 Å². The molecular formula is C23H23ClN2O5S. The highest BCUT2D eigenvalue weighted by molar-refractivity contribution is 7.89. The van der Waals surface area contributed by atoms with Gasteiger partial charge in [-0.05, 0) is 38.1 Å². The van der Waals surface area contributed by atoms with Crippen molar-refractivity contribution in [2.24, 2.45) is 0 Å². The standard InChI is InChI=1S/C23H23ClN2O5S/c1-15-12-26(13-16(2)31-15)32(28,29)21-11-18(8-9-20(21)24)23(27)30-14-19-6-3-5-17-7-4-10-25-22(17)19/h3-11,15-16H,12-14H2,1-2H3. The third kappa shape index (κ3) is 4.63. The molecule has 0 N–H and O–H groups in total. The number of esters is 1. The number of nitrogens with zero attached hydrogens (tertiary/aromatic N) is 2. The molecule has 0 saturated carbocycles. The third-order valence-corrected chi connectivity index (χ3v) is 7.56. The summed E-state index contributed by atoms with van der Waals surface area (Å²) >= 11 is 6.22. The topological polar surface area (TPSA) is 85.8 Å². The summed E-state index contributed by atoms with van der Waals surface area (Å²) in [5.41, 5.74) is 1.61. The number of benzene rings is 2. The highest BCUT2D eigenvalue weighted by Crippen LogP contribution is 2.28. The zero-order valence-corrected chi connectivity index (χ0v) is 19.3. The molecule has 1 saturated heterocycles. The molecule has 4 rings (SSSR count). The lowest BCUT2D eigenvalue weighted by molar-refractivity contribution is -0.0440. The Balaban J connectivity index is 1.56. The number of carbonyl (C=O) groups is 1. The molecule has 2 unspecified atom stereocenters. The monoisotopic (exact) mass is 474 g/mol. The van der Waals surface area contributed by atoms with Gasteiger partial charge in [0.15, 0.2) is 0 Å². The summed E-state index contributed by atoms with van der Waals surface area (Å²) in [5.74, 6) is -0.644. The molecule has 2 aromatic carbocycles. The average Bonchev–Trinajstić information content (AvgIpc) is 2.77. The van der Waals surface area contributed by atoms with Gasteiger partial charge < -0.3 is 9.47 Å². The van der Waals surface area contributed by atoms with Crippen LogP contribution >= 0.6 is 11.6 Å². The van der Waals surface area contributed by atoms with Gasteiger partial charge in [0.1, 0.15) is 11.5 Å². The van der Waals surface area contributed by atoms with Gasteiger partial charge in [-0.1, -0.05) is 35.9 Å². The van der Waals surface area contributed by atoms with E-state index in [1.807, 2.05) is 44.2 Å². The number of aromatic nitrogens is 1. The van der Waals surface area contributed by atoms with E-state index in [-0.39, 0.29) is 47.4 Å². The smallest absolute Gasteiger partial charge is 0.338 e. The van der Waals surface area contributed by atoms with Crippen LogP contribution in [0, 0.1) is 0 Å². The zero-order valence-electron chi connectivity index (χ0n) is 17.7. The lowest BCUT2D eigenvalue weighted by atomic mass is 10.1. The summed E-state index contributed by atoms with van der Waals surface area (Å²) in [6.07, 6.45) is 1.20. The molecule has 168 valence electrons. The van der Waals surface area contributed by atoms with E-state index in [4.69, 9.17) is 21.1 Å². The molecule has 1 aliphatic heterocycles. The highest BCUT2D eigenvalue weighted by Gasteiger charge is 2.34. The number of para-hydroxylation sites is 1. The Morgan fingerprint density at radius 3 is 2.62 bits per heavy atom. The Labute approximate surface area is 192 Å². The molecule has 1 aliphatic rings. The summed E-state index contributed by atoms with van der Waals surface area (Å²) in [5, 5.41) is 0.987. The molecular weight excluding hydrogens is 452 g/mol. The molecule has 0 aliphatic carbocycles. The van der Waals surface area contributed by atoms with Crippen LogP contribution in [0.2, 0.25) is 5.02 Å². The zero-order chi connectivity index (χ0) is 22.9. The predicted molar refractivity (Wildman–Crippen MR) is 121 cm³/mol. The van der Waals surface area contributed by atoms with E-state index >= 15 is 0 Å². The van der Waals surface area contributed by atoms with Crippen molar-refractivity contribution >= 4 is 38.5 Å². The molecule has 1 aromatic heterocycles. The largest absolute Gasteiger partial charge is 0.457 e. The molecule has 0 bridgehead atoms. The van der Waals surface area contributed by atoms with Crippen LogP contribution in [0.1, 0.15) is 29.8 Å². The maximum Gasteiger partial charge on any atom is 0.338 e. The lowest BCUT2D eigenvalue weighted by Gasteiger charge is -2.34. The minimum Gasteiger partial charge on any atom is -0.457 e. The summed E-state index contributed by atoms with van der Waals surface area (Å²) in [6, 6.07) is 13.5. The van der Waals surface area contributed by atoms with E-state index in [2.05, 4.69) is 4.98 Å². The third-order valence-electron chi connectivity index (χ3n) is 5.25. The van der Waals surface area contributed by atoms with Crippen molar-refractivity contribution in [2.75, 3.05) is 13.1 Å². The Morgan fingerprint density at radius 2 is 1.88 bits per heavy atom. The fraction of sp³-hybridized carbons (Fsp3) is 0.304. The number of ether oxygens (including phenoxy) is 2. The highest BCUT2D eigenvalue weighted by atomic mass is 35.5. The first-order valence-corrected chi connectivity index (χ1v) is 12.0. The quantitative estimate of drug-likeness (QED) is 0.519. The maximum atomic E-state index is 13.2. The van der Waals surface area contributed by atoms with Crippen LogP contribution in [0.15, 0.2) is 59.6 Å². The van der Waals surface area contributed by atoms with E-state index in [0.29, 0.717) is 0 Å². The van der Waals surface area contributed by atoms with Crippen LogP contribution in [-0.4, -0.2) is 49.0 Å². The number of rotatable bonds is 5. The number of halogens is 1. The van der Waals surface area contributed by atoms with Gasteiger partial charge in [0.25, 0.3) is 0 Å². The SMILES string of the molecule is CC1CN(S(=O)(=O)c2cc(C(=O)OCc3cccc4cccnc34)ccc2Cl)CC(C)O1. The number of hydrogen-bond donors (Lipinski definition) is 0. The fourth-order valence-corrected chi connectivity index (χ4v) is 5.90. The Bertz CT molecular complexity index is 1250. The van der Waals surface area contributed by atoms with Crippen molar-refractivity contribution in [3.8, 4) is 0 Å². The van der Waals surface area contributed by atoms with Crippen LogP contribution in [0.3, 0.4) is 0 Å². The van der Waals surface area contributed by atoms with Gasteiger partial charge >= 0.3 is 5.97 Å². The van der Waals surface area contributed by atoms with Gasteiger partial charge in [-0.15, -0.1) is 0 Å². The lowest BCUT2D eigenvalue weighted by Crippen LogP contribution is -2.48. The molecule has 2 atom stereocenters. The molecule has 2 heterocycles. The van der Waals surface area contributed by atoms with Crippen molar-refractivity contribution in [3.63, 3.8) is 0 Å². The molecule has 0 spiro atoms. The normalized spacial score (nSPS) is 19.7. The van der Waals surface area contributed by atoms with Crippen molar-refractivity contribution in [1.29, 1.82) is 0 Å². The van der Waals surface area contributed by atoms with Crippen LogP contribution in [0.5, 0.6) is 0 Å². The van der Waals surface area contributed by atoms with Crippen LogP contribution in [0.4, 0.5) is 0 Å². The number of fused-ring (bicyclic) bond motifs is 1. The van der Waals surface area contributed by atoms with Crippen molar-refractivity contribution < 1.29 is 22.7 Å². The first kappa shape index (κ1) is 22.7. The molecule has 9 heteroatoms. The van der Waals surface area contributed by atoms with Gasteiger partial charge in [0, 0.05) is 30.2 Å². The number of morpholine rings is 1. The summed E-state index contributed by atoms with van der Waals surface area (Å²) in [6.45, 7) is 4.07. The average molecular weight is 475 g/mol. The Kier molecular flexibility index (Phi) is 6.48. The Morgan fingerprint density at radius 1 is 1.16 bits per heavy atom. The molecule has 32 heavy (non-hydrogen) atoms. The summed E-state index contributed by atoms with van der Waals surface area (Å²) < 4.78 is 38.9. The predicted octanol–water partition coefficient (Wildman–Crippen LogP) is 4.04. The minimum absolute atomic E-state index is 0.0103. The molecule has 1 fully saturated rings. The second-order valence-electron chi connectivity index (χ2n) is 7.79. The molecule has 3 aromatic rings. The fourth-order valence-electron chi connectivity index (χ4n) is 3.80. The van der Waals surface area contributed by atoms with E-state index in [1.54, 1.807) is 6.20 Å². The first-order valence-electron chi connectivity index (χ1n) is 10.2. The second-order valence-corrected chi connectivity index (χ2v) is 10.1. The van der Waals surface area contributed by atoms with Gasteiger partial charge in [0.2, 0.25) is 10.0 Å². The number of carbonyl (C=O) groups excluding carboxylic acids is 1. The molecule has 0 radical (unpaired) electrons. The van der Waals surface area contributed by atoms with Crippen molar-refractivity contribution in [3.05, 3.63) is 70.9 Å². The van der Waals surface area contributed by atoms with Crippen LogP contribution in [0.25, 0.3) is 10.9 Å². The van der Waals surface area contributed by atoms with Gasteiger partial charge in [-0.25, -0.2) is 13.2 Å². The van der Waals surface area contributed by atoms with Gasteiger partial charge in [-0.2, -0.15) is 4.31 Å². The second kappa shape index (κ2) is 9.15. The van der Waals surface area contributed by atoms with E-state index in [1.165, 1.54) is 22.5 Å². The number of hydrogen-bond acceptors (Lipinski definition) is 6. The molecule has 7 nitrogen and oxygen atoms in total.